The maximum atomic E-state index is 12.5. The highest BCUT2D eigenvalue weighted by Gasteiger charge is 2.29. The molecule has 1 aliphatic rings. The summed E-state index contributed by atoms with van der Waals surface area (Å²) >= 11 is 1.42. The Kier molecular flexibility index (Phi) is 11.8. The van der Waals surface area contributed by atoms with Crippen LogP contribution in [-0.4, -0.2) is 35.7 Å². The number of rotatable bonds is 4. The minimum atomic E-state index is -0.538. The minimum absolute atomic E-state index is 0.144. The first-order valence-electron chi connectivity index (χ1n) is 13.8. The summed E-state index contributed by atoms with van der Waals surface area (Å²) in [5.41, 5.74) is 8.43. The molecule has 0 fully saturated rings. The Morgan fingerprint density at radius 3 is 2.23 bits per heavy atom. The lowest BCUT2D eigenvalue weighted by molar-refractivity contribution is 0.0526. The fourth-order valence-corrected chi connectivity index (χ4v) is 5.12. The number of nitrogens with zero attached hydrogens (tertiary/aromatic N) is 1. The molecule has 1 aromatic carbocycles. The van der Waals surface area contributed by atoms with Crippen LogP contribution in [0.2, 0.25) is 0 Å². The highest BCUT2D eigenvalue weighted by Crippen LogP contribution is 2.38. The monoisotopic (exact) mass is 554 g/mol. The molecule has 1 unspecified atom stereocenters. The molecule has 4 N–H and O–H groups in total. The van der Waals surface area contributed by atoms with E-state index in [1.165, 1.54) is 29.0 Å². The Morgan fingerprint density at radius 2 is 1.67 bits per heavy atom. The van der Waals surface area contributed by atoms with Crippen molar-refractivity contribution >= 4 is 39.2 Å². The van der Waals surface area contributed by atoms with E-state index in [4.69, 9.17) is 15.5 Å². The number of anilines is 1. The molecule has 0 bridgehead atoms. The van der Waals surface area contributed by atoms with Gasteiger partial charge in [-0.3, -0.25) is 4.79 Å². The molecule has 0 spiro atoms. The van der Waals surface area contributed by atoms with Gasteiger partial charge in [0.1, 0.15) is 10.4 Å². The SMILES string of the molecule is CC.CC(C)(C)OC(=O)NCCNC(=O)c1cc2cc3c(nc2s1)CCC(C(C)(C)C)C3.Nc1ccccc1. The van der Waals surface area contributed by atoms with Crippen molar-refractivity contribution in [2.45, 2.75) is 80.3 Å². The first-order chi connectivity index (χ1) is 18.3. The van der Waals surface area contributed by atoms with Gasteiger partial charge in [-0.05, 0) is 81.2 Å². The molecule has 3 aromatic rings. The van der Waals surface area contributed by atoms with E-state index in [0.29, 0.717) is 29.3 Å². The van der Waals surface area contributed by atoms with Crippen molar-refractivity contribution in [1.82, 2.24) is 15.6 Å². The normalized spacial score (nSPS) is 14.6. The number of alkyl carbamates (subject to hydrolysis) is 1. The van der Waals surface area contributed by atoms with Crippen LogP contribution in [0.5, 0.6) is 0 Å². The lowest BCUT2D eigenvalue weighted by Crippen LogP contribution is -2.37. The molecule has 0 saturated carbocycles. The second-order valence-electron chi connectivity index (χ2n) is 11.5. The number of amides is 2. The average molecular weight is 555 g/mol. The summed E-state index contributed by atoms with van der Waals surface area (Å²) in [7, 11) is 0. The molecular formula is C31H46N4O3S. The number of benzene rings is 1. The topological polar surface area (TPSA) is 106 Å². The van der Waals surface area contributed by atoms with E-state index in [1.54, 1.807) is 0 Å². The fraction of sp³-hybridized carbons (Fsp3) is 0.516. The van der Waals surface area contributed by atoms with E-state index in [2.05, 4.69) is 37.5 Å². The maximum absolute atomic E-state index is 12.5. The van der Waals surface area contributed by atoms with E-state index in [-0.39, 0.29) is 5.91 Å². The molecule has 0 radical (unpaired) electrons. The van der Waals surface area contributed by atoms with Crippen LogP contribution in [-0.2, 0) is 17.6 Å². The van der Waals surface area contributed by atoms with Crippen LogP contribution in [0.3, 0.4) is 0 Å². The first kappa shape index (κ1) is 32.1. The number of nitrogens with one attached hydrogen (secondary N) is 2. The predicted octanol–water partition coefficient (Wildman–Crippen LogP) is 7.00. The van der Waals surface area contributed by atoms with Crippen molar-refractivity contribution < 1.29 is 14.3 Å². The number of ether oxygens (including phenoxy) is 1. The number of para-hydroxylation sites is 1. The Hall–Kier alpha value is -3.13. The molecular weight excluding hydrogens is 508 g/mol. The second kappa shape index (κ2) is 14.3. The number of aromatic nitrogens is 1. The summed E-state index contributed by atoms with van der Waals surface area (Å²) in [5.74, 6) is 0.512. The summed E-state index contributed by atoms with van der Waals surface area (Å²) in [6.45, 7) is 17.0. The van der Waals surface area contributed by atoms with Crippen LogP contribution >= 0.6 is 11.3 Å². The number of nitrogen functional groups attached to an aromatic ring is 1. The molecule has 4 rings (SSSR count). The van der Waals surface area contributed by atoms with Gasteiger partial charge in [-0.2, -0.15) is 0 Å². The molecule has 1 aliphatic carbocycles. The third-order valence-electron chi connectivity index (χ3n) is 6.20. The number of carbonyl (C=O) groups excluding carboxylic acids is 2. The molecule has 0 aliphatic heterocycles. The van der Waals surface area contributed by atoms with E-state index < -0.39 is 11.7 Å². The standard InChI is InChI=1S/C23H33N3O3S.C6H7N.C2H6/c1-22(2,3)16-7-8-17-14(12-16)11-15-13-18(30-20(15)26-17)19(27)24-9-10-25-21(28)29-23(4,5)6;7-6-4-2-1-3-5-6;1-2/h11,13,16H,7-10,12H2,1-6H3,(H,24,27)(H,25,28);1-5H,7H2;1-2H3. The highest BCUT2D eigenvalue weighted by molar-refractivity contribution is 7.20. The molecule has 8 heteroatoms. The second-order valence-corrected chi connectivity index (χ2v) is 12.5. The fourth-order valence-electron chi connectivity index (χ4n) is 4.17. The van der Waals surface area contributed by atoms with E-state index in [9.17, 15) is 9.59 Å². The van der Waals surface area contributed by atoms with Crippen molar-refractivity contribution in [2.75, 3.05) is 18.8 Å². The quantitative estimate of drug-likeness (QED) is 0.238. The van der Waals surface area contributed by atoms with Gasteiger partial charge in [0.15, 0.2) is 0 Å². The van der Waals surface area contributed by atoms with Crippen LogP contribution in [0, 0.1) is 11.3 Å². The van der Waals surface area contributed by atoms with E-state index in [1.807, 2.05) is 71.0 Å². The van der Waals surface area contributed by atoms with Gasteiger partial charge >= 0.3 is 6.09 Å². The van der Waals surface area contributed by atoms with Gasteiger partial charge in [-0.25, -0.2) is 9.78 Å². The van der Waals surface area contributed by atoms with Crippen molar-refractivity contribution in [3.8, 4) is 0 Å². The summed E-state index contributed by atoms with van der Waals surface area (Å²) in [6, 6.07) is 13.6. The van der Waals surface area contributed by atoms with Gasteiger partial charge < -0.3 is 21.1 Å². The van der Waals surface area contributed by atoms with Crippen molar-refractivity contribution in [3.63, 3.8) is 0 Å². The Labute approximate surface area is 237 Å². The summed E-state index contributed by atoms with van der Waals surface area (Å²) in [6.07, 6.45) is 2.73. The molecule has 214 valence electrons. The number of fused-ring (bicyclic) bond motifs is 2. The highest BCUT2D eigenvalue weighted by atomic mass is 32.1. The van der Waals surface area contributed by atoms with Crippen LogP contribution in [0.25, 0.3) is 10.2 Å². The van der Waals surface area contributed by atoms with E-state index >= 15 is 0 Å². The zero-order valence-corrected chi connectivity index (χ0v) is 25.6. The van der Waals surface area contributed by atoms with Gasteiger partial charge in [0, 0.05) is 29.9 Å². The average Bonchev–Trinajstić information content (AvgIpc) is 3.28. The van der Waals surface area contributed by atoms with Gasteiger partial charge in [-0.15, -0.1) is 11.3 Å². The summed E-state index contributed by atoms with van der Waals surface area (Å²) < 4.78 is 5.18. The minimum Gasteiger partial charge on any atom is -0.444 e. The first-order valence-corrected chi connectivity index (χ1v) is 14.6. The Balaban J connectivity index is 0.000000507. The molecule has 7 nitrogen and oxygen atoms in total. The van der Waals surface area contributed by atoms with Crippen LogP contribution in [0.4, 0.5) is 10.5 Å². The molecule has 0 saturated heterocycles. The molecule has 2 amide bonds. The zero-order valence-electron chi connectivity index (χ0n) is 24.8. The Morgan fingerprint density at radius 1 is 1.03 bits per heavy atom. The molecule has 2 heterocycles. The van der Waals surface area contributed by atoms with Gasteiger partial charge in [-0.1, -0.05) is 52.8 Å². The summed E-state index contributed by atoms with van der Waals surface area (Å²) in [4.78, 5) is 30.6. The third-order valence-corrected chi connectivity index (χ3v) is 7.24. The lowest BCUT2D eigenvalue weighted by Gasteiger charge is -2.34. The van der Waals surface area contributed by atoms with Crippen LogP contribution in [0.15, 0.2) is 42.5 Å². The summed E-state index contributed by atoms with van der Waals surface area (Å²) in [5, 5.41) is 6.52. The number of nitrogens with two attached hydrogens (primary N) is 1. The zero-order chi connectivity index (χ0) is 29.2. The Bertz CT molecular complexity index is 1210. The number of hydrogen-bond donors (Lipinski definition) is 3. The number of carbonyl (C=O) groups is 2. The number of hydrogen-bond acceptors (Lipinski definition) is 6. The van der Waals surface area contributed by atoms with Gasteiger partial charge in [0.25, 0.3) is 5.91 Å². The predicted molar refractivity (Wildman–Crippen MR) is 163 cm³/mol. The molecule has 2 aromatic heterocycles. The molecule has 1 atom stereocenters. The number of thiophene rings is 1. The molecule has 39 heavy (non-hydrogen) atoms. The van der Waals surface area contributed by atoms with Crippen LogP contribution < -0.4 is 16.4 Å². The van der Waals surface area contributed by atoms with E-state index in [0.717, 1.165) is 28.7 Å². The third kappa shape index (κ3) is 10.5. The number of aryl methyl sites for hydroxylation is 1. The maximum Gasteiger partial charge on any atom is 0.407 e. The lowest BCUT2D eigenvalue weighted by atomic mass is 9.71. The van der Waals surface area contributed by atoms with Crippen molar-refractivity contribution in [3.05, 3.63) is 58.6 Å². The largest absolute Gasteiger partial charge is 0.444 e. The van der Waals surface area contributed by atoms with Crippen molar-refractivity contribution in [1.29, 1.82) is 0 Å². The smallest absolute Gasteiger partial charge is 0.407 e. The van der Waals surface area contributed by atoms with Crippen molar-refractivity contribution in [2.24, 2.45) is 11.3 Å². The van der Waals surface area contributed by atoms with Gasteiger partial charge in [0.2, 0.25) is 0 Å². The van der Waals surface area contributed by atoms with Crippen LogP contribution in [0.1, 0.15) is 82.7 Å². The van der Waals surface area contributed by atoms with Gasteiger partial charge in [0.05, 0.1) is 4.88 Å². The number of pyridine rings is 1.